The van der Waals surface area contributed by atoms with Gasteiger partial charge in [-0.3, -0.25) is 0 Å². The van der Waals surface area contributed by atoms with Crippen molar-refractivity contribution in [2.45, 2.75) is 32.7 Å². The topological polar surface area (TPSA) is 53.0 Å². The SMILES string of the molecule is CC1CCN(CCC(N)C#N)CC1C. The molecule has 1 rings (SSSR count). The lowest BCUT2D eigenvalue weighted by Crippen LogP contribution is -2.40. The molecule has 2 N–H and O–H groups in total. The molecule has 0 radical (unpaired) electrons. The third kappa shape index (κ3) is 3.28. The van der Waals surface area contributed by atoms with Crippen LogP contribution in [0.5, 0.6) is 0 Å². The number of hydrogen-bond acceptors (Lipinski definition) is 3. The normalized spacial score (nSPS) is 31.0. The van der Waals surface area contributed by atoms with Crippen molar-refractivity contribution in [1.29, 1.82) is 5.26 Å². The Morgan fingerprint density at radius 2 is 2.21 bits per heavy atom. The molecule has 0 aromatic heterocycles. The van der Waals surface area contributed by atoms with Crippen LogP contribution in [-0.2, 0) is 0 Å². The van der Waals surface area contributed by atoms with E-state index in [4.69, 9.17) is 11.0 Å². The van der Waals surface area contributed by atoms with Gasteiger partial charge in [0.25, 0.3) is 0 Å². The van der Waals surface area contributed by atoms with E-state index < -0.39 is 0 Å². The Hall–Kier alpha value is -0.590. The number of piperidine rings is 1. The van der Waals surface area contributed by atoms with Crippen LogP contribution >= 0.6 is 0 Å². The molecule has 0 aromatic rings. The third-order valence-corrected chi connectivity index (χ3v) is 3.34. The van der Waals surface area contributed by atoms with E-state index in [0.29, 0.717) is 0 Å². The highest BCUT2D eigenvalue weighted by Gasteiger charge is 2.22. The molecule has 0 spiro atoms. The zero-order chi connectivity index (χ0) is 10.6. The zero-order valence-corrected chi connectivity index (χ0v) is 9.24. The Morgan fingerprint density at radius 1 is 1.50 bits per heavy atom. The predicted molar refractivity (Wildman–Crippen MR) is 57.6 cm³/mol. The molecule has 1 aliphatic heterocycles. The summed E-state index contributed by atoms with van der Waals surface area (Å²) in [6, 6.07) is 1.79. The molecule has 1 saturated heterocycles. The lowest BCUT2D eigenvalue weighted by molar-refractivity contribution is 0.136. The number of nitrogens with zero attached hydrogens (tertiary/aromatic N) is 2. The molecule has 3 unspecified atom stereocenters. The summed E-state index contributed by atoms with van der Waals surface area (Å²) < 4.78 is 0. The minimum Gasteiger partial charge on any atom is -0.316 e. The van der Waals surface area contributed by atoms with Crippen LogP contribution in [0.2, 0.25) is 0 Å². The average Bonchev–Trinajstić information content (AvgIpc) is 2.19. The van der Waals surface area contributed by atoms with E-state index in [1.165, 1.54) is 19.5 Å². The first-order valence-corrected chi connectivity index (χ1v) is 5.51. The maximum Gasteiger partial charge on any atom is 0.0940 e. The number of nitrogens with two attached hydrogens (primary N) is 1. The summed E-state index contributed by atoms with van der Waals surface area (Å²) in [7, 11) is 0. The second kappa shape index (κ2) is 5.33. The molecule has 0 aromatic carbocycles. The highest BCUT2D eigenvalue weighted by atomic mass is 15.1. The maximum absolute atomic E-state index is 8.56. The standard InChI is InChI=1S/C11H21N3/c1-9-3-5-14(8-10(9)2)6-4-11(13)7-12/h9-11H,3-6,8,13H2,1-2H3. The third-order valence-electron chi connectivity index (χ3n) is 3.34. The molecule has 80 valence electrons. The number of likely N-dealkylation sites (tertiary alicyclic amines) is 1. The molecular weight excluding hydrogens is 174 g/mol. The highest BCUT2D eigenvalue weighted by Crippen LogP contribution is 2.22. The monoisotopic (exact) mass is 195 g/mol. The van der Waals surface area contributed by atoms with Gasteiger partial charge in [0.05, 0.1) is 12.1 Å². The van der Waals surface area contributed by atoms with Crippen LogP contribution in [0, 0.1) is 23.2 Å². The molecule has 0 saturated carbocycles. The quantitative estimate of drug-likeness (QED) is 0.736. The van der Waals surface area contributed by atoms with Gasteiger partial charge in [0.2, 0.25) is 0 Å². The van der Waals surface area contributed by atoms with Gasteiger partial charge in [-0.15, -0.1) is 0 Å². The van der Waals surface area contributed by atoms with Gasteiger partial charge in [0, 0.05) is 13.1 Å². The van der Waals surface area contributed by atoms with E-state index in [-0.39, 0.29) is 6.04 Å². The molecule has 0 aliphatic carbocycles. The fourth-order valence-electron chi connectivity index (χ4n) is 1.94. The molecule has 3 atom stereocenters. The summed E-state index contributed by atoms with van der Waals surface area (Å²) in [5.74, 6) is 1.62. The van der Waals surface area contributed by atoms with Crippen LogP contribution in [0.3, 0.4) is 0 Å². The highest BCUT2D eigenvalue weighted by molar-refractivity contribution is 4.87. The Bertz CT molecular complexity index is 209. The molecule has 0 amide bonds. The van der Waals surface area contributed by atoms with E-state index in [2.05, 4.69) is 24.8 Å². The zero-order valence-electron chi connectivity index (χ0n) is 9.24. The van der Waals surface area contributed by atoms with Crippen molar-refractivity contribution < 1.29 is 0 Å². The first-order chi connectivity index (χ1) is 6.63. The first kappa shape index (κ1) is 11.5. The van der Waals surface area contributed by atoms with Crippen LogP contribution in [0.1, 0.15) is 26.7 Å². The number of hydrogen-bond donors (Lipinski definition) is 1. The van der Waals surface area contributed by atoms with Gasteiger partial charge in [0.1, 0.15) is 0 Å². The number of nitriles is 1. The molecule has 0 bridgehead atoms. The molecule has 1 heterocycles. The minimum atomic E-state index is -0.287. The summed E-state index contributed by atoms with van der Waals surface area (Å²) in [6.07, 6.45) is 2.08. The van der Waals surface area contributed by atoms with Crippen molar-refractivity contribution in [3.05, 3.63) is 0 Å². The van der Waals surface area contributed by atoms with Gasteiger partial charge >= 0.3 is 0 Å². The van der Waals surface area contributed by atoms with Crippen molar-refractivity contribution >= 4 is 0 Å². The molecule has 14 heavy (non-hydrogen) atoms. The molecular formula is C11H21N3. The minimum absolute atomic E-state index is 0.287. The summed E-state index contributed by atoms with van der Waals surface area (Å²) >= 11 is 0. The van der Waals surface area contributed by atoms with Crippen LogP contribution in [-0.4, -0.2) is 30.6 Å². The summed E-state index contributed by atoms with van der Waals surface area (Å²) in [6.45, 7) is 7.94. The van der Waals surface area contributed by atoms with Crippen molar-refractivity contribution in [3.63, 3.8) is 0 Å². The van der Waals surface area contributed by atoms with Gasteiger partial charge in [-0.2, -0.15) is 5.26 Å². The Morgan fingerprint density at radius 3 is 2.79 bits per heavy atom. The number of rotatable bonds is 3. The predicted octanol–water partition coefficient (Wildman–Crippen LogP) is 1.21. The first-order valence-electron chi connectivity index (χ1n) is 5.51. The molecule has 1 aliphatic rings. The van der Waals surface area contributed by atoms with Crippen molar-refractivity contribution in [3.8, 4) is 6.07 Å². The van der Waals surface area contributed by atoms with Gasteiger partial charge in [-0.05, 0) is 31.2 Å². The van der Waals surface area contributed by atoms with E-state index >= 15 is 0 Å². The summed E-state index contributed by atoms with van der Waals surface area (Å²) in [5, 5.41) is 8.56. The summed E-state index contributed by atoms with van der Waals surface area (Å²) in [4.78, 5) is 2.43. The van der Waals surface area contributed by atoms with Crippen LogP contribution in [0.4, 0.5) is 0 Å². The van der Waals surface area contributed by atoms with E-state index in [1.807, 2.05) is 0 Å². The van der Waals surface area contributed by atoms with Gasteiger partial charge in [-0.25, -0.2) is 0 Å². The van der Waals surface area contributed by atoms with Crippen LogP contribution in [0.15, 0.2) is 0 Å². The largest absolute Gasteiger partial charge is 0.316 e. The van der Waals surface area contributed by atoms with Crippen LogP contribution < -0.4 is 5.73 Å². The van der Waals surface area contributed by atoms with E-state index in [0.717, 1.165) is 24.8 Å². The van der Waals surface area contributed by atoms with Gasteiger partial charge < -0.3 is 10.6 Å². The van der Waals surface area contributed by atoms with E-state index in [9.17, 15) is 0 Å². The lowest BCUT2D eigenvalue weighted by atomic mass is 9.88. The molecule has 3 nitrogen and oxygen atoms in total. The summed E-state index contributed by atoms with van der Waals surface area (Å²) in [5.41, 5.74) is 5.56. The fourth-order valence-corrected chi connectivity index (χ4v) is 1.94. The Balaban J connectivity index is 2.24. The Labute approximate surface area is 86.9 Å². The second-order valence-electron chi connectivity index (χ2n) is 4.57. The molecule has 1 fully saturated rings. The molecule has 3 heteroatoms. The average molecular weight is 195 g/mol. The van der Waals surface area contributed by atoms with Gasteiger partial charge in [-0.1, -0.05) is 13.8 Å². The fraction of sp³-hybridized carbons (Fsp3) is 0.909. The Kier molecular flexibility index (Phi) is 4.37. The smallest absolute Gasteiger partial charge is 0.0940 e. The van der Waals surface area contributed by atoms with Crippen molar-refractivity contribution in [2.24, 2.45) is 17.6 Å². The van der Waals surface area contributed by atoms with Crippen LogP contribution in [0.25, 0.3) is 0 Å². The maximum atomic E-state index is 8.56. The van der Waals surface area contributed by atoms with Gasteiger partial charge in [0.15, 0.2) is 0 Å². The second-order valence-corrected chi connectivity index (χ2v) is 4.57. The van der Waals surface area contributed by atoms with Crippen molar-refractivity contribution in [1.82, 2.24) is 4.90 Å². The van der Waals surface area contributed by atoms with Crippen molar-refractivity contribution in [2.75, 3.05) is 19.6 Å². The lowest BCUT2D eigenvalue weighted by Gasteiger charge is -2.35. The van der Waals surface area contributed by atoms with E-state index in [1.54, 1.807) is 0 Å².